The van der Waals surface area contributed by atoms with Gasteiger partial charge in [-0.15, -0.1) is 0 Å². The number of halogens is 3. The van der Waals surface area contributed by atoms with Crippen molar-refractivity contribution in [3.63, 3.8) is 0 Å². The molecule has 0 aliphatic carbocycles. The summed E-state index contributed by atoms with van der Waals surface area (Å²) in [4.78, 5) is -0.551. The number of thiocarbonyl (C=S) groups is 1. The number of nitrogens with two attached hydrogens (primary N) is 1. The van der Waals surface area contributed by atoms with Crippen LogP contribution in [0.2, 0.25) is 0 Å². The van der Waals surface area contributed by atoms with Gasteiger partial charge in [0, 0.05) is 0 Å². The van der Waals surface area contributed by atoms with E-state index in [1.54, 1.807) is 6.92 Å². The lowest BCUT2D eigenvalue weighted by atomic mass is 10.2. The fourth-order valence-electron chi connectivity index (χ4n) is 1.44. The molecule has 112 valence electrons. The van der Waals surface area contributed by atoms with Crippen molar-refractivity contribution >= 4 is 27.2 Å². The first-order valence-corrected chi connectivity index (χ1v) is 7.46. The molecular weight excluding hydrogens is 313 g/mol. The van der Waals surface area contributed by atoms with Crippen molar-refractivity contribution in [3.8, 4) is 0 Å². The molecule has 20 heavy (non-hydrogen) atoms. The van der Waals surface area contributed by atoms with E-state index in [1.807, 2.05) is 0 Å². The number of hydrogen-bond acceptors (Lipinski definition) is 3. The maximum Gasteiger partial charge on any atom is 0.416 e. The molecule has 0 aliphatic rings. The van der Waals surface area contributed by atoms with Gasteiger partial charge in [0.15, 0.2) is 0 Å². The summed E-state index contributed by atoms with van der Waals surface area (Å²) in [6, 6.07) is 2.66. The first-order valence-electron chi connectivity index (χ1n) is 5.57. The number of rotatable bonds is 5. The largest absolute Gasteiger partial charge is 0.416 e. The lowest BCUT2D eigenvalue weighted by Crippen LogP contribution is -2.42. The second kappa shape index (κ2) is 6.06. The second-order valence-electron chi connectivity index (χ2n) is 4.01. The molecule has 1 atom stereocenters. The average Bonchev–Trinajstić information content (AvgIpc) is 2.35. The van der Waals surface area contributed by atoms with Crippen LogP contribution in [0, 0.1) is 0 Å². The van der Waals surface area contributed by atoms with Crippen LogP contribution in [0.4, 0.5) is 13.2 Å². The lowest BCUT2D eigenvalue weighted by molar-refractivity contribution is -0.137. The molecular formula is C11H13F3N2O2S2. The summed E-state index contributed by atoms with van der Waals surface area (Å²) < 4.78 is 63.8. The van der Waals surface area contributed by atoms with E-state index < -0.39 is 32.7 Å². The Hall–Kier alpha value is -1.19. The Labute approximate surface area is 120 Å². The van der Waals surface area contributed by atoms with E-state index in [-0.39, 0.29) is 4.99 Å². The fraction of sp³-hybridized carbons (Fsp3) is 0.364. The third-order valence-electron chi connectivity index (χ3n) is 2.52. The maximum atomic E-state index is 12.6. The molecule has 3 N–H and O–H groups in total. The SMILES string of the molecule is CCC(NS(=O)(=O)c1cccc(C(F)(F)F)c1)C(N)=S. The Morgan fingerprint density at radius 2 is 2.05 bits per heavy atom. The zero-order chi connectivity index (χ0) is 15.6. The van der Waals surface area contributed by atoms with Crippen molar-refractivity contribution in [2.45, 2.75) is 30.5 Å². The van der Waals surface area contributed by atoms with Gasteiger partial charge in [-0.2, -0.15) is 13.2 Å². The highest BCUT2D eigenvalue weighted by molar-refractivity contribution is 7.89. The van der Waals surface area contributed by atoms with Gasteiger partial charge in [-0.25, -0.2) is 13.1 Å². The number of sulfonamides is 1. The highest BCUT2D eigenvalue weighted by Gasteiger charge is 2.32. The third-order valence-corrected chi connectivity index (χ3v) is 4.27. The molecule has 0 amide bonds. The Morgan fingerprint density at radius 3 is 2.50 bits per heavy atom. The Kier molecular flexibility index (Phi) is 5.11. The molecule has 0 fully saturated rings. The molecule has 1 rings (SSSR count). The van der Waals surface area contributed by atoms with Gasteiger partial charge < -0.3 is 5.73 Å². The molecule has 0 saturated heterocycles. The summed E-state index contributed by atoms with van der Waals surface area (Å²) in [6.07, 6.45) is -4.31. The van der Waals surface area contributed by atoms with E-state index in [0.29, 0.717) is 12.5 Å². The minimum Gasteiger partial charge on any atom is -0.392 e. The maximum absolute atomic E-state index is 12.6. The first-order chi connectivity index (χ1) is 9.08. The molecule has 0 heterocycles. The number of nitrogens with one attached hydrogen (secondary N) is 1. The van der Waals surface area contributed by atoms with Gasteiger partial charge in [0.05, 0.1) is 21.5 Å². The quantitative estimate of drug-likeness (QED) is 0.812. The monoisotopic (exact) mass is 326 g/mol. The van der Waals surface area contributed by atoms with E-state index in [2.05, 4.69) is 16.9 Å². The first kappa shape index (κ1) is 16.9. The van der Waals surface area contributed by atoms with Crippen LogP contribution < -0.4 is 10.5 Å². The van der Waals surface area contributed by atoms with Gasteiger partial charge in [-0.1, -0.05) is 25.2 Å². The zero-order valence-corrected chi connectivity index (χ0v) is 12.1. The van der Waals surface area contributed by atoms with E-state index in [0.717, 1.165) is 18.2 Å². The van der Waals surface area contributed by atoms with Gasteiger partial charge in [0.25, 0.3) is 0 Å². The summed E-state index contributed by atoms with van der Waals surface area (Å²) in [7, 11) is -4.12. The van der Waals surface area contributed by atoms with Gasteiger partial charge >= 0.3 is 6.18 Å². The van der Waals surface area contributed by atoms with Crippen LogP contribution in [0.3, 0.4) is 0 Å². The van der Waals surface area contributed by atoms with E-state index in [4.69, 9.17) is 5.73 Å². The van der Waals surface area contributed by atoms with Crippen LogP contribution >= 0.6 is 12.2 Å². The summed E-state index contributed by atoms with van der Waals surface area (Å²) in [5, 5.41) is 0. The zero-order valence-electron chi connectivity index (χ0n) is 10.4. The Balaban J connectivity index is 3.13. The summed E-state index contributed by atoms with van der Waals surface area (Å²) in [5.74, 6) is 0. The topological polar surface area (TPSA) is 72.2 Å². The van der Waals surface area contributed by atoms with Gasteiger partial charge in [-0.05, 0) is 24.6 Å². The van der Waals surface area contributed by atoms with Gasteiger partial charge in [0.1, 0.15) is 0 Å². The van der Waals surface area contributed by atoms with E-state index in [1.165, 1.54) is 0 Å². The average molecular weight is 326 g/mol. The molecule has 0 radical (unpaired) electrons. The molecule has 1 unspecified atom stereocenters. The Bertz CT molecular complexity index is 600. The summed E-state index contributed by atoms with van der Waals surface area (Å²) >= 11 is 4.69. The molecule has 0 aliphatic heterocycles. The van der Waals surface area contributed by atoms with Crippen molar-refractivity contribution in [1.29, 1.82) is 0 Å². The molecule has 0 bridgehead atoms. The van der Waals surface area contributed by atoms with Crippen LogP contribution in [0.1, 0.15) is 18.9 Å². The molecule has 0 saturated carbocycles. The minimum atomic E-state index is -4.61. The standard InChI is InChI=1S/C11H13F3N2O2S2/c1-2-9(10(15)19)16-20(17,18)8-5-3-4-7(6-8)11(12,13)14/h3-6,9,16H,2H2,1H3,(H2,15,19). The highest BCUT2D eigenvalue weighted by Crippen LogP contribution is 2.30. The van der Waals surface area contributed by atoms with Crippen molar-refractivity contribution in [1.82, 2.24) is 4.72 Å². The Morgan fingerprint density at radius 1 is 1.45 bits per heavy atom. The van der Waals surface area contributed by atoms with Crippen molar-refractivity contribution in [2.24, 2.45) is 5.73 Å². The summed E-state index contributed by atoms with van der Waals surface area (Å²) in [6.45, 7) is 1.65. The lowest BCUT2D eigenvalue weighted by Gasteiger charge is -2.16. The van der Waals surface area contributed by atoms with Crippen molar-refractivity contribution in [3.05, 3.63) is 29.8 Å². The smallest absolute Gasteiger partial charge is 0.392 e. The second-order valence-corrected chi connectivity index (χ2v) is 6.20. The number of alkyl halides is 3. The molecule has 0 aromatic heterocycles. The predicted molar refractivity (Wildman–Crippen MR) is 72.6 cm³/mol. The van der Waals surface area contributed by atoms with Crippen LogP contribution in [0.15, 0.2) is 29.2 Å². The van der Waals surface area contributed by atoms with Crippen molar-refractivity contribution < 1.29 is 21.6 Å². The highest BCUT2D eigenvalue weighted by atomic mass is 32.2. The molecule has 9 heteroatoms. The predicted octanol–water partition coefficient (Wildman–Crippen LogP) is 2.05. The molecule has 4 nitrogen and oxygen atoms in total. The van der Waals surface area contributed by atoms with Crippen molar-refractivity contribution in [2.75, 3.05) is 0 Å². The molecule has 1 aromatic carbocycles. The van der Waals surface area contributed by atoms with E-state index >= 15 is 0 Å². The number of hydrogen-bond donors (Lipinski definition) is 2. The number of benzene rings is 1. The molecule has 0 spiro atoms. The van der Waals surface area contributed by atoms with E-state index in [9.17, 15) is 21.6 Å². The van der Waals surface area contributed by atoms with Crippen LogP contribution in [-0.4, -0.2) is 19.4 Å². The van der Waals surface area contributed by atoms with Crippen LogP contribution in [0.25, 0.3) is 0 Å². The minimum absolute atomic E-state index is 0.0666. The van der Waals surface area contributed by atoms with Gasteiger partial charge in [0.2, 0.25) is 10.0 Å². The van der Waals surface area contributed by atoms with Gasteiger partial charge in [-0.3, -0.25) is 0 Å². The third kappa shape index (κ3) is 4.15. The molecule has 1 aromatic rings. The van der Waals surface area contributed by atoms with Crippen LogP contribution in [-0.2, 0) is 16.2 Å². The summed E-state index contributed by atoms with van der Waals surface area (Å²) in [5.41, 5.74) is 4.32. The fourth-order valence-corrected chi connectivity index (χ4v) is 3.08. The van der Waals surface area contributed by atoms with Crippen LogP contribution in [0.5, 0.6) is 0 Å². The normalized spacial score (nSPS) is 14.0.